The van der Waals surface area contributed by atoms with E-state index in [-0.39, 0.29) is 11.7 Å². The molecule has 1 heterocycles. The molecule has 84 valence electrons. The van der Waals surface area contributed by atoms with Gasteiger partial charge in [0.2, 0.25) is 0 Å². The largest absolute Gasteiger partial charge is 0.493 e. The number of halogens is 1. The van der Waals surface area contributed by atoms with Crippen molar-refractivity contribution in [1.29, 1.82) is 0 Å². The first-order chi connectivity index (χ1) is 7.10. The summed E-state index contributed by atoms with van der Waals surface area (Å²) in [5, 5.41) is 19.0. The zero-order valence-electron chi connectivity index (χ0n) is 8.22. The summed E-state index contributed by atoms with van der Waals surface area (Å²) < 4.78 is 4.94. The number of aliphatic hydroxyl groups is 2. The molecule has 0 aliphatic rings. The molecule has 2 unspecified atom stereocenters. The van der Waals surface area contributed by atoms with Crippen LogP contribution in [0.5, 0.6) is 5.75 Å². The van der Waals surface area contributed by atoms with Crippen LogP contribution in [0.25, 0.3) is 0 Å². The molecule has 4 N–H and O–H groups in total. The van der Waals surface area contributed by atoms with E-state index in [1.54, 1.807) is 0 Å². The van der Waals surface area contributed by atoms with Crippen LogP contribution in [0.15, 0.2) is 12.3 Å². The number of nitrogens with zero attached hydrogens (tertiary/aromatic N) is 1. The van der Waals surface area contributed by atoms with Crippen LogP contribution >= 0.6 is 11.6 Å². The van der Waals surface area contributed by atoms with Crippen LogP contribution < -0.4 is 10.5 Å². The molecule has 0 amide bonds. The summed E-state index contributed by atoms with van der Waals surface area (Å²) in [6, 6.07) is 1.52. The Bertz CT molecular complexity index is 335. The van der Waals surface area contributed by atoms with E-state index in [0.717, 1.165) is 0 Å². The summed E-state index contributed by atoms with van der Waals surface area (Å²) >= 11 is 5.42. The van der Waals surface area contributed by atoms with Crippen molar-refractivity contribution < 1.29 is 14.9 Å². The number of aromatic nitrogens is 1. The SMILES string of the molecule is COc1cc(C(O)C(O)CCl)cnc1N. The summed E-state index contributed by atoms with van der Waals surface area (Å²) in [6.07, 6.45) is -0.760. The van der Waals surface area contributed by atoms with Gasteiger partial charge in [-0.2, -0.15) is 0 Å². The number of methoxy groups -OCH3 is 1. The van der Waals surface area contributed by atoms with E-state index < -0.39 is 12.2 Å². The Morgan fingerprint density at radius 2 is 2.27 bits per heavy atom. The Morgan fingerprint density at radius 1 is 1.60 bits per heavy atom. The van der Waals surface area contributed by atoms with E-state index in [1.807, 2.05) is 0 Å². The van der Waals surface area contributed by atoms with E-state index in [1.165, 1.54) is 19.4 Å². The maximum atomic E-state index is 9.63. The predicted octanol–water partition coefficient (Wildman–Crippen LogP) is 0.305. The quantitative estimate of drug-likeness (QED) is 0.650. The van der Waals surface area contributed by atoms with Crippen LogP contribution in [0.2, 0.25) is 0 Å². The first kappa shape index (κ1) is 12.0. The highest BCUT2D eigenvalue weighted by Gasteiger charge is 2.18. The number of hydrogen-bond acceptors (Lipinski definition) is 5. The Morgan fingerprint density at radius 3 is 2.80 bits per heavy atom. The minimum absolute atomic E-state index is 0.0616. The third-order valence-corrected chi connectivity index (χ3v) is 2.30. The summed E-state index contributed by atoms with van der Waals surface area (Å²) in [6.45, 7) is 0. The van der Waals surface area contributed by atoms with Crippen LogP contribution in [0, 0.1) is 0 Å². The minimum atomic E-state index is -1.09. The summed E-state index contributed by atoms with van der Waals surface area (Å²) in [5.41, 5.74) is 5.91. The van der Waals surface area contributed by atoms with Crippen LogP contribution in [0.1, 0.15) is 11.7 Å². The van der Waals surface area contributed by atoms with E-state index in [4.69, 9.17) is 22.1 Å². The fourth-order valence-corrected chi connectivity index (χ4v) is 1.27. The van der Waals surface area contributed by atoms with Crippen LogP contribution in [-0.4, -0.2) is 34.3 Å². The number of nitrogens with two attached hydrogens (primary N) is 1. The number of pyridine rings is 1. The van der Waals surface area contributed by atoms with Gasteiger partial charge < -0.3 is 20.7 Å². The number of rotatable bonds is 4. The molecule has 1 aromatic heterocycles. The molecule has 0 aliphatic carbocycles. The molecule has 1 aromatic rings. The molecule has 0 aliphatic heterocycles. The lowest BCUT2D eigenvalue weighted by Gasteiger charge is -2.16. The average Bonchev–Trinajstić information content (AvgIpc) is 2.27. The minimum Gasteiger partial charge on any atom is -0.493 e. The number of alkyl halides is 1. The van der Waals surface area contributed by atoms with Crippen molar-refractivity contribution in [1.82, 2.24) is 4.98 Å². The van der Waals surface area contributed by atoms with Crippen molar-refractivity contribution in [2.45, 2.75) is 12.2 Å². The molecule has 0 saturated carbocycles. The van der Waals surface area contributed by atoms with Crippen LogP contribution in [0.3, 0.4) is 0 Å². The van der Waals surface area contributed by atoms with E-state index in [0.29, 0.717) is 11.3 Å². The lowest BCUT2D eigenvalue weighted by Crippen LogP contribution is -2.20. The molecule has 15 heavy (non-hydrogen) atoms. The van der Waals surface area contributed by atoms with Gasteiger partial charge in [-0.25, -0.2) is 4.98 Å². The van der Waals surface area contributed by atoms with E-state index >= 15 is 0 Å². The molecule has 0 bridgehead atoms. The molecule has 6 heteroatoms. The third-order valence-electron chi connectivity index (χ3n) is 1.99. The molecule has 5 nitrogen and oxygen atoms in total. The Kier molecular flexibility index (Phi) is 4.14. The van der Waals surface area contributed by atoms with Gasteiger partial charge in [-0.15, -0.1) is 11.6 Å². The van der Waals surface area contributed by atoms with E-state index in [2.05, 4.69) is 4.98 Å². The second kappa shape index (κ2) is 5.16. The van der Waals surface area contributed by atoms with Crippen molar-refractivity contribution in [3.63, 3.8) is 0 Å². The third kappa shape index (κ3) is 2.71. The maximum Gasteiger partial charge on any atom is 0.166 e. The lowest BCUT2D eigenvalue weighted by molar-refractivity contribution is 0.0324. The summed E-state index contributed by atoms with van der Waals surface area (Å²) in [7, 11) is 1.45. The molecule has 0 fully saturated rings. The molecule has 0 spiro atoms. The normalized spacial score (nSPS) is 14.7. The first-order valence-electron chi connectivity index (χ1n) is 4.31. The molecule has 0 aromatic carbocycles. The number of ether oxygens (including phenoxy) is 1. The van der Waals surface area contributed by atoms with Gasteiger partial charge in [0.25, 0.3) is 0 Å². The van der Waals surface area contributed by atoms with Crippen LogP contribution in [-0.2, 0) is 0 Å². The van der Waals surface area contributed by atoms with Crippen molar-refractivity contribution in [3.8, 4) is 5.75 Å². The van der Waals surface area contributed by atoms with Crippen molar-refractivity contribution in [2.75, 3.05) is 18.7 Å². The van der Waals surface area contributed by atoms with Gasteiger partial charge in [-0.05, 0) is 6.07 Å². The lowest BCUT2D eigenvalue weighted by atomic mass is 10.1. The molecule has 2 atom stereocenters. The number of anilines is 1. The van der Waals surface area contributed by atoms with Gasteiger partial charge in [-0.1, -0.05) is 0 Å². The topological polar surface area (TPSA) is 88.6 Å². The highest BCUT2D eigenvalue weighted by atomic mass is 35.5. The average molecular weight is 233 g/mol. The van der Waals surface area contributed by atoms with Gasteiger partial charge >= 0.3 is 0 Å². The van der Waals surface area contributed by atoms with Crippen molar-refractivity contribution in [2.24, 2.45) is 0 Å². The smallest absolute Gasteiger partial charge is 0.166 e. The maximum absolute atomic E-state index is 9.63. The molecular formula is C9H13ClN2O3. The fraction of sp³-hybridized carbons (Fsp3) is 0.444. The Hall–Kier alpha value is -1.04. The standard InChI is InChI=1S/C9H13ClN2O3/c1-15-7-2-5(4-12-9(7)11)8(14)6(13)3-10/h2,4,6,8,13-14H,3H2,1H3,(H2,11,12). The summed E-state index contributed by atoms with van der Waals surface area (Å²) in [4.78, 5) is 3.83. The van der Waals surface area contributed by atoms with Gasteiger partial charge in [-0.3, -0.25) is 0 Å². The second-order valence-electron chi connectivity index (χ2n) is 3.02. The Balaban J connectivity index is 2.95. The fourth-order valence-electron chi connectivity index (χ4n) is 1.10. The monoisotopic (exact) mass is 232 g/mol. The predicted molar refractivity (Wildman–Crippen MR) is 56.9 cm³/mol. The highest BCUT2D eigenvalue weighted by Crippen LogP contribution is 2.25. The number of nitrogen functional groups attached to an aromatic ring is 1. The van der Waals surface area contributed by atoms with Gasteiger partial charge in [0.05, 0.1) is 19.1 Å². The number of aliphatic hydroxyl groups excluding tert-OH is 2. The van der Waals surface area contributed by atoms with Crippen molar-refractivity contribution in [3.05, 3.63) is 17.8 Å². The van der Waals surface area contributed by atoms with Crippen LogP contribution in [0.4, 0.5) is 5.82 Å². The van der Waals surface area contributed by atoms with Gasteiger partial charge in [0.15, 0.2) is 11.6 Å². The summed E-state index contributed by atoms with van der Waals surface area (Å²) in [5.74, 6) is 0.524. The zero-order chi connectivity index (χ0) is 11.4. The van der Waals surface area contributed by atoms with Gasteiger partial charge in [0, 0.05) is 11.8 Å². The molecule has 1 rings (SSSR count). The van der Waals surface area contributed by atoms with E-state index in [9.17, 15) is 10.2 Å². The number of hydrogen-bond donors (Lipinski definition) is 3. The second-order valence-corrected chi connectivity index (χ2v) is 3.33. The van der Waals surface area contributed by atoms with Crippen molar-refractivity contribution >= 4 is 17.4 Å². The Labute approximate surface area is 92.5 Å². The van der Waals surface area contributed by atoms with Gasteiger partial charge in [0.1, 0.15) is 6.10 Å². The molecular weight excluding hydrogens is 220 g/mol. The zero-order valence-corrected chi connectivity index (χ0v) is 8.98. The first-order valence-corrected chi connectivity index (χ1v) is 4.85. The molecule has 0 saturated heterocycles. The highest BCUT2D eigenvalue weighted by molar-refractivity contribution is 6.18. The molecule has 0 radical (unpaired) electrons.